The van der Waals surface area contributed by atoms with Gasteiger partial charge in [-0.3, -0.25) is 14.6 Å². The number of amidine groups is 2. The van der Waals surface area contributed by atoms with Gasteiger partial charge in [0.15, 0.2) is 0 Å². The Morgan fingerprint density at radius 3 is 2.20 bits per heavy atom. The highest BCUT2D eigenvalue weighted by Crippen LogP contribution is 2.01. The van der Waals surface area contributed by atoms with Crippen molar-refractivity contribution in [3.8, 4) is 0 Å². The van der Waals surface area contributed by atoms with Crippen molar-refractivity contribution in [3.63, 3.8) is 0 Å². The van der Waals surface area contributed by atoms with Gasteiger partial charge in [-0.05, 0) is 32.2 Å². The van der Waals surface area contributed by atoms with Crippen LogP contribution in [0.2, 0.25) is 0 Å². The number of amides is 2. The smallest absolute Gasteiger partial charge is 0.326 e. The lowest BCUT2D eigenvalue weighted by Gasteiger charge is -2.14. The molecular weight excluding hydrogens is 530 g/mol. The Morgan fingerprint density at radius 1 is 0.925 bits per heavy atom. The molecule has 0 aromatic rings. The molecular formula is C24H47N7O9. The van der Waals surface area contributed by atoms with Crippen molar-refractivity contribution in [3.05, 3.63) is 0 Å². The number of nitrogens with one attached hydrogen (secondary N) is 2. The van der Waals surface area contributed by atoms with Crippen molar-refractivity contribution in [1.29, 1.82) is 0 Å². The predicted octanol–water partition coefficient (Wildman–Crippen LogP) is -2.04. The average molecular weight is 578 g/mol. The van der Waals surface area contributed by atoms with Gasteiger partial charge in [0.05, 0.1) is 53.3 Å². The second-order valence-corrected chi connectivity index (χ2v) is 8.33. The van der Waals surface area contributed by atoms with Gasteiger partial charge in [-0.15, -0.1) is 0 Å². The Kier molecular flexibility index (Phi) is 23.1. The van der Waals surface area contributed by atoms with Gasteiger partial charge < -0.3 is 56.6 Å². The van der Waals surface area contributed by atoms with Gasteiger partial charge >= 0.3 is 5.97 Å². The van der Waals surface area contributed by atoms with Crippen LogP contribution in [-0.2, 0) is 38.1 Å². The molecule has 16 heteroatoms. The number of methoxy groups -OCH3 is 1. The summed E-state index contributed by atoms with van der Waals surface area (Å²) < 4.78 is 26.1. The quantitative estimate of drug-likeness (QED) is 0.0390. The molecule has 0 aromatic carbocycles. The van der Waals surface area contributed by atoms with Crippen LogP contribution in [0.4, 0.5) is 0 Å². The number of ether oxygens (including phenoxy) is 5. The molecule has 0 fully saturated rings. The minimum absolute atomic E-state index is 0.0429. The monoisotopic (exact) mass is 577 g/mol. The van der Waals surface area contributed by atoms with E-state index in [2.05, 4.69) is 20.6 Å². The van der Waals surface area contributed by atoms with Crippen molar-refractivity contribution >= 4 is 29.6 Å². The molecule has 0 heterocycles. The number of hydrogen-bond acceptors (Lipinski definition) is 11. The number of carboxylic acids is 1. The molecule has 0 rings (SSSR count). The number of carboxylic acid groups (broad SMARTS) is 1. The average Bonchev–Trinajstić information content (AvgIpc) is 2.93. The second-order valence-electron chi connectivity index (χ2n) is 8.33. The number of nitrogens with two attached hydrogens (primary N) is 3. The molecule has 0 bridgehead atoms. The van der Waals surface area contributed by atoms with Crippen LogP contribution in [0.25, 0.3) is 0 Å². The van der Waals surface area contributed by atoms with Gasteiger partial charge in [-0.2, -0.15) is 0 Å². The molecule has 232 valence electrons. The van der Waals surface area contributed by atoms with Crippen LogP contribution in [0.3, 0.4) is 0 Å². The first-order valence-corrected chi connectivity index (χ1v) is 13.2. The van der Waals surface area contributed by atoms with E-state index in [1.165, 1.54) is 7.11 Å². The highest BCUT2D eigenvalue weighted by atomic mass is 16.5. The Morgan fingerprint density at radius 2 is 1.57 bits per heavy atom. The zero-order valence-corrected chi connectivity index (χ0v) is 23.6. The van der Waals surface area contributed by atoms with Crippen LogP contribution in [-0.4, -0.2) is 126 Å². The van der Waals surface area contributed by atoms with Crippen LogP contribution in [0.1, 0.15) is 32.6 Å². The van der Waals surface area contributed by atoms with Gasteiger partial charge in [0, 0.05) is 6.54 Å². The van der Waals surface area contributed by atoms with Gasteiger partial charge in [-0.1, -0.05) is 6.92 Å². The van der Waals surface area contributed by atoms with Crippen LogP contribution >= 0.6 is 0 Å². The van der Waals surface area contributed by atoms with Crippen LogP contribution in [0, 0.1) is 0 Å². The number of unbranched alkanes of at least 4 members (excludes halogenated alkanes) is 1. The minimum Gasteiger partial charge on any atom is -0.480 e. The van der Waals surface area contributed by atoms with E-state index < -0.39 is 24.0 Å². The van der Waals surface area contributed by atoms with Crippen molar-refractivity contribution in [2.75, 3.05) is 79.6 Å². The zero-order chi connectivity index (χ0) is 30.0. The minimum atomic E-state index is -1.09. The molecule has 40 heavy (non-hydrogen) atoms. The first-order chi connectivity index (χ1) is 19.2. The molecule has 0 aliphatic rings. The number of carbonyl (C=O) groups excluding carboxylic acids is 2. The third-order valence-corrected chi connectivity index (χ3v) is 5.09. The first-order valence-electron chi connectivity index (χ1n) is 13.2. The number of nitrogens with zero attached hydrogens (tertiary/aromatic N) is 2. The summed E-state index contributed by atoms with van der Waals surface area (Å²) in [5.41, 5.74) is 16.7. The maximum Gasteiger partial charge on any atom is 0.326 e. The molecule has 0 aliphatic heterocycles. The standard InChI is InChI=1S/C24H47N7O9/c1-3-18(31-24(27)36-2)22(33)29-9-11-38-12-14-39-16-20(26)28-8-10-37-13-15-40-17-21(32)30-19(23(34)35)6-4-5-7-25/h18-19H,3-17,25H2,1-2H3,(H2,26,28)(H2,27,31)(H,29,33)(H,30,32)(H,34,35). The summed E-state index contributed by atoms with van der Waals surface area (Å²) in [4.78, 5) is 43.1. The van der Waals surface area contributed by atoms with E-state index in [1.807, 2.05) is 6.92 Å². The van der Waals surface area contributed by atoms with E-state index in [9.17, 15) is 14.4 Å². The van der Waals surface area contributed by atoms with Gasteiger partial charge in [0.25, 0.3) is 6.02 Å². The van der Waals surface area contributed by atoms with Crippen molar-refractivity contribution in [1.82, 2.24) is 10.6 Å². The van der Waals surface area contributed by atoms with Crippen LogP contribution in [0.5, 0.6) is 0 Å². The maximum absolute atomic E-state index is 12.0. The highest BCUT2D eigenvalue weighted by molar-refractivity contribution is 5.85. The van der Waals surface area contributed by atoms with E-state index in [0.29, 0.717) is 77.6 Å². The Hall–Kier alpha value is -3.05. The normalized spacial score (nSPS) is 13.5. The maximum atomic E-state index is 12.0. The largest absolute Gasteiger partial charge is 0.480 e. The van der Waals surface area contributed by atoms with Crippen LogP contribution in [0.15, 0.2) is 9.98 Å². The van der Waals surface area contributed by atoms with E-state index in [1.54, 1.807) is 0 Å². The molecule has 2 atom stereocenters. The zero-order valence-electron chi connectivity index (χ0n) is 23.6. The highest BCUT2D eigenvalue weighted by Gasteiger charge is 2.19. The fourth-order valence-corrected chi connectivity index (χ4v) is 2.97. The number of rotatable bonds is 25. The fraction of sp³-hybridized carbons (Fsp3) is 0.792. The third kappa shape index (κ3) is 20.9. The molecule has 0 spiro atoms. The molecule has 9 N–H and O–H groups in total. The molecule has 0 saturated carbocycles. The number of aliphatic imine (C=N–C) groups is 2. The molecule has 2 amide bonds. The Balaban J connectivity index is 3.74. The van der Waals surface area contributed by atoms with E-state index in [0.717, 1.165) is 0 Å². The summed E-state index contributed by atoms with van der Waals surface area (Å²) >= 11 is 0. The summed E-state index contributed by atoms with van der Waals surface area (Å²) in [7, 11) is 1.38. The summed E-state index contributed by atoms with van der Waals surface area (Å²) in [5, 5.41) is 14.3. The summed E-state index contributed by atoms with van der Waals surface area (Å²) in [5.74, 6) is -1.54. The Bertz CT molecular complexity index is 769. The Labute approximate surface area is 235 Å². The van der Waals surface area contributed by atoms with Crippen molar-refractivity contribution in [2.24, 2.45) is 27.2 Å². The topological polar surface area (TPSA) is 244 Å². The van der Waals surface area contributed by atoms with Crippen LogP contribution < -0.4 is 27.8 Å². The van der Waals surface area contributed by atoms with E-state index in [4.69, 9.17) is 46.0 Å². The SMILES string of the molecule is CCC(N=C(N)OC)C(=O)NCCOCCOCC(N)=NCCOCCOCC(=O)NC(CCCCN)C(=O)O. The van der Waals surface area contributed by atoms with Crippen molar-refractivity contribution in [2.45, 2.75) is 44.7 Å². The van der Waals surface area contributed by atoms with Gasteiger partial charge in [-0.25, -0.2) is 9.79 Å². The first kappa shape index (κ1) is 37.0. The van der Waals surface area contributed by atoms with Gasteiger partial charge in [0.2, 0.25) is 11.8 Å². The van der Waals surface area contributed by atoms with E-state index in [-0.39, 0.29) is 38.4 Å². The molecule has 2 unspecified atom stereocenters. The molecule has 0 saturated heterocycles. The second kappa shape index (κ2) is 25.0. The third-order valence-electron chi connectivity index (χ3n) is 5.09. The van der Waals surface area contributed by atoms with Gasteiger partial charge in [0.1, 0.15) is 31.1 Å². The molecule has 16 nitrogen and oxygen atoms in total. The number of carbonyl (C=O) groups is 3. The predicted molar refractivity (Wildman–Crippen MR) is 148 cm³/mol. The van der Waals surface area contributed by atoms with E-state index >= 15 is 0 Å². The summed E-state index contributed by atoms with van der Waals surface area (Å²) in [6.07, 6.45) is 2.11. The lowest BCUT2D eigenvalue weighted by Crippen LogP contribution is -2.42. The molecule has 0 aliphatic carbocycles. The lowest BCUT2D eigenvalue weighted by atomic mass is 10.1. The molecule has 0 radical (unpaired) electrons. The fourth-order valence-electron chi connectivity index (χ4n) is 2.97. The van der Waals surface area contributed by atoms with Crippen molar-refractivity contribution < 1.29 is 43.2 Å². The lowest BCUT2D eigenvalue weighted by molar-refractivity contribution is -0.142. The summed E-state index contributed by atoms with van der Waals surface area (Å²) in [6, 6.07) is -1.61. The summed E-state index contributed by atoms with van der Waals surface area (Å²) in [6.45, 7) is 4.46. The number of aliphatic carboxylic acids is 1. The number of hydrogen-bond donors (Lipinski definition) is 6. The molecule has 0 aromatic heterocycles.